The van der Waals surface area contributed by atoms with Gasteiger partial charge in [0.1, 0.15) is 11.5 Å². The number of pyridine rings is 1. The molecule has 0 aliphatic rings. The van der Waals surface area contributed by atoms with Crippen LogP contribution >= 0.6 is 0 Å². The fourth-order valence-corrected chi connectivity index (χ4v) is 1.76. The Balaban J connectivity index is 2.27. The Kier molecular flexibility index (Phi) is 3.82. The molecule has 2 aromatic rings. The third kappa shape index (κ3) is 2.80. The summed E-state index contributed by atoms with van der Waals surface area (Å²) >= 11 is 0. The molecule has 0 spiro atoms. The molecule has 94 valence electrons. The van der Waals surface area contributed by atoms with Gasteiger partial charge in [-0.1, -0.05) is 19.9 Å². The molecule has 2 rings (SSSR count). The van der Waals surface area contributed by atoms with E-state index in [2.05, 4.69) is 18.8 Å². The summed E-state index contributed by atoms with van der Waals surface area (Å²) in [5.41, 5.74) is 1.13. The van der Waals surface area contributed by atoms with Gasteiger partial charge in [-0.2, -0.15) is 0 Å². The van der Waals surface area contributed by atoms with Crippen molar-refractivity contribution in [1.29, 1.82) is 0 Å². The van der Waals surface area contributed by atoms with Crippen LogP contribution in [0.5, 0.6) is 17.4 Å². The highest BCUT2D eigenvalue weighted by atomic mass is 16.5. The second-order valence-electron chi connectivity index (χ2n) is 4.33. The molecule has 1 aromatic carbocycles. The average molecular weight is 243 g/mol. The molecule has 1 aromatic heterocycles. The van der Waals surface area contributed by atoms with Gasteiger partial charge in [-0.25, -0.2) is 4.98 Å². The first-order valence-corrected chi connectivity index (χ1v) is 5.97. The van der Waals surface area contributed by atoms with Gasteiger partial charge >= 0.3 is 0 Å². The van der Waals surface area contributed by atoms with Gasteiger partial charge in [-0.3, -0.25) is 0 Å². The van der Waals surface area contributed by atoms with Crippen LogP contribution in [0.15, 0.2) is 42.6 Å². The van der Waals surface area contributed by atoms with Gasteiger partial charge in [0, 0.05) is 17.8 Å². The van der Waals surface area contributed by atoms with Crippen molar-refractivity contribution in [2.24, 2.45) is 0 Å². The molecule has 3 heteroatoms. The summed E-state index contributed by atoms with van der Waals surface area (Å²) in [6.45, 7) is 4.25. The van der Waals surface area contributed by atoms with Crippen LogP contribution in [-0.2, 0) is 0 Å². The van der Waals surface area contributed by atoms with E-state index in [1.54, 1.807) is 13.3 Å². The summed E-state index contributed by atoms with van der Waals surface area (Å²) in [6, 6.07) is 11.4. The molecule has 0 unspecified atom stereocenters. The number of methoxy groups -OCH3 is 1. The Morgan fingerprint density at radius 3 is 2.56 bits per heavy atom. The van der Waals surface area contributed by atoms with E-state index >= 15 is 0 Å². The van der Waals surface area contributed by atoms with E-state index in [0.29, 0.717) is 11.8 Å². The van der Waals surface area contributed by atoms with Gasteiger partial charge < -0.3 is 9.47 Å². The van der Waals surface area contributed by atoms with Gasteiger partial charge in [0.05, 0.1) is 7.11 Å². The second-order valence-corrected chi connectivity index (χ2v) is 4.33. The van der Waals surface area contributed by atoms with E-state index in [4.69, 9.17) is 9.47 Å². The molecule has 0 amide bonds. The minimum absolute atomic E-state index is 0.382. The standard InChI is InChI=1S/C15H17NO2/c1-11(2)13-10-12(7-8-14(13)17-3)18-15-6-4-5-9-16-15/h4-11H,1-3H3. The molecule has 0 N–H and O–H groups in total. The average Bonchev–Trinajstić information content (AvgIpc) is 2.40. The van der Waals surface area contributed by atoms with Crippen LogP contribution in [0.3, 0.4) is 0 Å². The molecule has 0 aliphatic heterocycles. The normalized spacial score (nSPS) is 10.4. The van der Waals surface area contributed by atoms with Crippen LogP contribution in [-0.4, -0.2) is 12.1 Å². The van der Waals surface area contributed by atoms with Crippen molar-refractivity contribution in [2.75, 3.05) is 7.11 Å². The van der Waals surface area contributed by atoms with Crippen LogP contribution in [0, 0.1) is 0 Å². The topological polar surface area (TPSA) is 31.4 Å². The predicted octanol–water partition coefficient (Wildman–Crippen LogP) is 4.01. The van der Waals surface area contributed by atoms with Gasteiger partial charge in [0.2, 0.25) is 5.88 Å². The summed E-state index contributed by atoms with van der Waals surface area (Å²) in [7, 11) is 1.68. The minimum atomic E-state index is 0.382. The number of benzene rings is 1. The summed E-state index contributed by atoms with van der Waals surface area (Å²) in [4.78, 5) is 4.14. The first-order chi connectivity index (χ1) is 8.70. The zero-order valence-electron chi connectivity index (χ0n) is 10.9. The smallest absolute Gasteiger partial charge is 0.219 e. The molecule has 0 aliphatic carbocycles. The predicted molar refractivity (Wildman–Crippen MR) is 71.4 cm³/mol. The molecule has 3 nitrogen and oxygen atoms in total. The maximum Gasteiger partial charge on any atom is 0.219 e. The first-order valence-electron chi connectivity index (χ1n) is 5.97. The number of rotatable bonds is 4. The fourth-order valence-electron chi connectivity index (χ4n) is 1.76. The SMILES string of the molecule is COc1ccc(Oc2ccccn2)cc1C(C)C. The van der Waals surface area contributed by atoms with Crippen LogP contribution in [0.2, 0.25) is 0 Å². The summed E-state index contributed by atoms with van der Waals surface area (Å²) < 4.78 is 11.0. The Morgan fingerprint density at radius 1 is 1.11 bits per heavy atom. The van der Waals surface area contributed by atoms with Crippen LogP contribution < -0.4 is 9.47 Å². The highest BCUT2D eigenvalue weighted by Gasteiger charge is 2.09. The van der Waals surface area contributed by atoms with Crippen molar-refractivity contribution < 1.29 is 9.47 Å². The highest BCUT2D eigenvalue weighted by Crippen LogP contribution is 2.31. The second kappa shape index (κ2) is 5.54. The summed E-state index contributed by atoms with van der Waals surface area (Å²) in [5.74, 6) is 2.64. The molecule has 0 atom stereocenters. The van der Waals surface area contributed by atoms with Gasteiger partial charge in [0.15, 0.2) is 0 Å². The Labute approximate surface area is 107 Å². The number of nitrogens with zero attached hydrogens (tertiary/aromatic N) is 1. The number of aromatic nitrogens is 1. The zero-order valence-corrected chi connectivity index (χ0v) is 10.9. The lowest BCUT2D eigenvalue weighted by Gasteiger charge is -2.13. The molecular formula is C15H17NO2. The summed E-state index contributed by atoms with van der Waals surface area (Å²) in [5, 5.41) is 0. The maximum absolute atomic E-state index is 5.70. The third-order valence-electron chi connectivity index (χ3n) is 2.68. The van der Waals surface area contributed by atoms with Crippen molar-refractivity contribution in [3.63, 3.8) is 0 Å². The quantitative estimate of drug-likeness (QED) is 0.813. The van der Waals surface area contributed by atoms with Crippen LogP contribution in [0.25, 0.3) is 0 Å². The van der Waals surface area contributed by atoms with Crippen molar-refractivity contribution in [2.45, 2.75) is 19.8 Å². The van der Waals surface area contributed by atoms with E-state index in [0.717, 1.165) is 17.1 Å². The highest BCUT2D eigenvalue weighted by molar-refractivity contribution is 5.43. The molecular weight excluding hydrogens is 226 g/mol. The van der Waals surface area contributed by atoms with E-state index < -0.39 is 0 Å². The largest absolute Gasteiger partial charge is 0.496 e. The molecule has 0 saturated carbocycles. The van der Waals surface area contributed by atoms with E-state index in [9.17, 15) is 0 Å². The molecule has 0 saturated heterocycles. The number of hydrogen-bond acceptors (Lipinski definition) is 3. The van der Waals surface area contributed by atoms with Crippen molar-refractivity contribution in [3.05, 3.63) is 48.2 Å². The van der Waals surface area contributed by atoms with Crippen molar-refractivity contribution >= 4 is 0 Å². The third-order valence-corrected chi connectivity index (χ3v) is 2.68. The number of ether oxygens (including phenoxy) is 2. The Morgan fingerprint density at radius 2 is 1.94 bits per heavy atom. The lowest BCUT2D eigenvalue weighted by Crippen LogP contribution is -1.95. The van der Waals surface area contributed by atoms with Crippen molar-refractivity contribution in [3.8, 4) is 17.4 Å². The zero-order chi connectivity index (χ0) is 13.0. The first kappa shape index (κ1) is 12.4. The van der Waals surface area contributed by atoms with Crippen LogP contribution in [0.1, 0.15) is 25.3 Å². The molecule has 18 heavy (non-hydrogen) atoms. The Hall–Kier alpha value is -2.03. The fraction of sp³-hybridized carbons (Fsp3) is 0.267. The van der Waals surface area contributed by atoms with Gasteiger partial charge in [0.25, 0.3) is 0 Å². The molecule has 1 heterocycles. The van der Waals surface area contributed by atoms with E-state index in [-0.39, 0.29) is 0 Å². The lowest BCUT2D eigenvalue weighted by atomic mass is 10.0. The Bertz CT molecular complexity index is 509. The monoisotopic (exact) mass is 243 g/mol. The summed E-state index contributed by atoms with van der Waals surface area (Å²) in [6.07, 6.45) is 1.71. The minimum Gasteiger partial charge on any atom is -0.496 e. The molecule has 0 fully saturated rings. The van der Waals surface area contributed by atoms with E-state index in [1.807, 2.05) is 36.4 Å². The maximum atomic E-state index is 5.70. The molecule has 0 bridgehead atoms. The molecule has 0 radical (unpaired) electrons. The van der Waals surface area contributed by atoms with E-state index in [1.165, 1.54) is 0 Å². The number of hydrogen-bond donors (Lipinski definition) is 0. The van der Waals surface area contributed by atoms with Gasteiger partial charge in [-0.15, -0.1) is 0 Å². The van der Waals surface area contributed by atoms with Crippen molar-refractivity contribution in [1.82, 2.24) is 4.98 Å². The van der Waals surface area contributed by atoms with Crippen LogP contribution in [0.4, 0.5) is 0 Å². The lowest BCUT2D eigenvalue weighted by molar-refractivity contribution is 0.404. The van der Waals surface area contributed by atoms with Gasteiger partial charge in [-0.05, 0) is 30.2 Å².